The lowest BCUT2D eigenvalue weighted by Crippen LogP contribution is -2.55. The summed E-state index contributed by atoms with van der Waals surface area (Å²) in [5.41, 5.74) is 2.31. The molecule has 5 nitrogen and oxygen atoms in total. The highest BCUT2D eigenvalue weighted by Crippen LogP contribution is 2.44. The number of piperidine rings is 1. The van der Waals surface area contributed by atoms with Gasteiger partial charge in [0.2, 0.25) is 0 Å². The molecule has 2 heterocycles. The van der Waals surface area contributed by atoms with Crippen molar-refractivity contribution < 1.29 is 14.7 Å². The van der Waals surface area contributed by atoms with Crippen LogP contribution in [-0.4, -0.2) is 53.6 Å². The molecule has 0 unspecified atom stereocenters. The summed E-state index contributed by atoms with van der Waals surface area (Å²) in [6.07, 6.45) is 1.24. The molecule has 3 rings (SSSR count). The molecule has 2 aliphatic heterocycles. The fourth-order valence-electron chi connectivity index (χ4n) is 3.99. The predicted molar refractivity (Wildman–Crippen MR) is 93.8 cm³/mol. The van der Waals surface area contributed by atoms with Crippen LogP contribution in [0, 0.1) is 13.8 Å². The highest BCUT2D eigenvalue weighted by molar-refractivity contribution is 6.31. The van der Waals surface area contributed by atoms with E-state index in [2.05, 4.69) is 0 Å². The Morgan fingerprint density at radius 1 is 1.21 bits per heavy atom. The number of ketones is 1. The first kappa shape index (κ1) is 17.3. The Morgan fingerprint density at radius 3 is 2.25 bits per heavy atom. The van der Waals surface area contributed by atoms with Crippen LogP contribution in [0.3, 0.4) is 0 Å². The van der Waals surface area contributed by atoms with Crippen molar-refractivity contribution >= 4 is 23.0 Å². The van der Waals surface area contributed by atoms with Gasteiger partial charge in [-0.3, -0.25) is 4.79 Å². The summed E-state index contributed by atoms with van der Waals surface area (Å²) < 4.78 is 0. The van der Waals surface area contributed by atoms with Gasteiger partial charge in [0.15, 0.2) is 11.7 Å². The number of hydrogen-bond acceptors (Lipinski definition) is 5. The second-order valence-corrected chi connectivity index (χ2v) is 7.08. The number of hydroxylamine groups is 2. The van der Waals surface area contributed by atoms with Crippen LogP contribution in [0.1, 0.15) is 29.5 Å². The van der Waals surface area contributed by atoms with Crippen molar-refractivity contribution in [2.45, 2.75) is 32.2 Å². The zero-order valence-electron chi connectivity index (χ0n) is 14.5. The zero-order chi connectivity index (χ0) is 17.6. The van der Waals surface area contributed by atoms with Crippen LogP contribution in [-0.2, 0) is 9.63 Å². The third kappa shape index (κ3) is 2.42. The number of Topliss-reactive ketones (excluding diaryl/α,β-unsaturated/α-hetero) is 1. The number of nitrogens with zero attached hydrogens (tertiary/aromatic N) is 2. The smallest absolute Gasteiger partial charge is 0.199 e. The first-order valence-electron chi connectivity index (χ1n) is 8.10. The maximum atomic E-state index is 13.3. The monoisotopic (exact) mass is 350 g/mol. The molecule has 24 heavy (non-hydrogen) atoms. The van der Waals surface area contributed by atoms with E-state index in [0.717, 1.165) is 16.7 Å². The normalized spacial score (nSPS) is 21.2. The Balaban J connectivity index is 2.04. The molecule has 130 valence electrons. The topological polar surface area (TPSA) is 53.0 Å². The quantitative estimate of drug-likeness (QED) is 0.888. The van der Waals surface area contributed by atoms with Gasteiger partial charge in [-0.2, -0.15) is 5.06 Å². The van der Waals surface area contributed by atoms with E-state index < -0.39 is 5.54 Å². The Hall–Kier alpha value is -1.56. The van der Waals surface area contributed by atoms with E-state index in [4.69, 9.17) is 16.4 Å². The highest BCUT2D eigenvalue weighted by Gasteiger charge is 2.53. The molecule has 1 aromatic rings. The van der Waals surface area contributed by atoms with Crippen LogP contribution < -0.4 is 0 Å². The molecule has 0 aromatic heterocycles. The Bertz CT molecular complexity index is 698. The Labute approximate surface area is 147 Å². The van der Waals surface area contributed by atoms with Gasteiger partial charge in [-0.25, -0.2) is 0 Å². The number of aryl methyl sites for hydroxylation is 2. The fraction of sp³-hybridized carbons (Fsp3) is 0.500. The van der Waals surface area contributed by atoms with Gasteiger partial charge in [0, 0.05) is 25.2 Å². The minimum Gasteiger partial charge on any atom is -0.494 e. The summed E-state index contributed by atoms with van der Waals surface area (Å²) in [4.78, 5) is 20.3. The van der Waals surface area contributed by atoms with Crippen LogP contribution in [0.4, 0.5) is 0 Å². The van der Waals surface area contributed by atoms with E-state index in [0.29, 0.717) is 36.5 Å². The zero-order valence-corrected chi connectivity index (χ0v) is 15.3. The summed E-state index contributed by atoms with van der Waals surface area (Å²) in [5, 5.41) is 13.2. The molecule has 2 aliphatic rings. The Morgan fingerprint density at radius 2 is 1.75 bits per heavy atom. The van der Waals surface area contributed by atoms with Gasteiger partial charge in [0.1, 0.15) is 5.54 Å². The van der Waals surface area contributed by atoms with E-state index in [1.165, 1.54) is 0 Å². The number of aliphatic hydroxyl groups excluding tert-OH is 1. The van der Waals surface area contributed by atoms with Crippen molar-refractivity contribution in [3.8, 4) is 0 Å². The second-order valence-electron chi connectivity index (χ2n) is 6.64. The van der Waals surface area contributed by atoms with Gasteiger partial charge in [0.05, 0.1) is 12.7 Å². The van der Waals surface area contributed by atoms with Crippen molar-refractivity contribution in [2.75, 3.05) is 27.2 Å². The SMILES string of the molecule is CON1CCC2(CC1)C(=O)C(c1c(C)cc(Cl)cc1C)=C(O)N2C. The van der Waals surface area contributed by atoms with Crippen LogP contribution >= 0.6 is 11.6 Å². The summed E-state index contributed by atoms with van der Waals surface area (Å²) in [6.45, 7) is 5.15. The molecular weight excluding hydrogens is 328 g/mol. The van der Waals surface area contributed by atoms with Crippen LogP contribution in [0.2, 0.25) is 5.02 Å². The first-order valence-corrected chi connectivity index (χ1v) is 8.47. The van der Waals surface area contributed by atoms with E-state index in [-0.39, 0.29) is 11.7 Å². The fourth-order valence-corrected chi connectivity index (χ4v) is 4.32. The summed E-state index contributed by atoms with van der Waals surface area (Å²) >= 11 is 6.11. The van der Waals surface area contributed by atoms with E-state index in [1.807, 2.05) is 31.0 Å². The number of likely N-dealkylation sites (N-methyl/N-ethyl adjacent to an activating group) is 1. The maximum absolute atomic E-state index is 13.3. The van der Waals surface area contributed by atoms with E-state index in [9.17, 15) is 9.90 Å². The third-order valence-electron chi connectivity index (χ3n) is 5.39. The van der Waals surface area contributed by atoms with Gasteiger partial charge in [-0.15, -0.1) is 0 Å². The molecule has 1 aromatic carbocycles. The predicted octanol–water partition coefficient (Wildman–Crippen LogP) is 3.09. The molecule has 6 heteroatoms. The Kier molecular flexibility index (Phi) is 4.36. The van der Waals surface area contributed by atoms with E-state index in [1.54, 1.807) is 19.1 Å². The van der Waals surface area contributed by atoms with Gasteiger partial charge < -0.3 is 14.8 Å². The van der Waals surface area contributed by atoms with Crippen molar-refractivity contribution in [3.63, 3.8) is 0 Å². The average Bonchev–Trinajstić information content (AvgIpc) is 2.71. The molecule has 1 spiro atoms. The standard InChI is InChI=1S/C18H23ClN2O3/c1-11-9-13(19)10-12(2)14(11)15-16(22)18(20(3)17(15)23)5-7-21(24-4)8-6-18/h9-10,23H,5-8H2,1-4H3. The van der Waals surface area contributed by atoms with Gasteiger partial charge in [0.25, 0.3) is 0 Å². The van der Waals surface area contributed by atoms with Crippen molar-refractivity contribution in [3.05, 3.63) is 39.7 Å². The van der Waals surface area contributed by atoms with E-state index >= 15 is 0 Å². The minimum absolute atomic E-state index is 0.00762. The largest absolute Gasteiger partial charge is 0.494 e. The molecule has 0 radical (unpaired) electrons. The molecule has 1 saturated heterocycles. The molecular formula is C18H23ClN2O3. The molecule has 1 N–H and O–H groups in total. The maximum Gasteiger partial charge on any atom is 0.199 e. The molecule has 0 amide bonds. The van der Waals surface area contributed by atoms with Gasteiger partial charge in [-0.1, -0.05) is 11.6 Å². The lowest BCUT2D eigenvalue weighted by atomic mass is 9.80. The van der Waals surface area contributed by atoms with Crippen molar-refractivity contribution in [2.24, 2.45) is 0 Å². The lowest BCUT2D eigenvalue weighted by molar-refractivity contribution is -0.163. The molecule has 0 atom stereocenters. The number of halogens is 1. The molecule has 0 bridgehead atoms. The van der Waals surface area contributed by atoms with Crippen LogP contribution in [0.25, 0.3) is 5.57 Å². The number of carbonyl (C=O) groups excluding carboxylic acids is 1. The molecule has 0 aliphatic carbocycles. The number of benzene rings is 1. The number of hydrogen-bond donors (Lipinski definition) is 1. The lowest BCUT2D eigenvalue weighted by Gasteiger charge is -2.42. The van der Waals surface area contributed by atoms with Crippen LogP contribution in [0.15, 0.2) is 18.0 Å². The summed E-state index contributed by atoms with van der Waals surface area (Å²) in [6, 6.07) is 3.66. The second kappa shape index (κ2) is 6.06. The first-order chi connectivity index (χ1) is 11.3. The van der Waals surface area contributed by atoms with Crippen molar-refractivity contribution in [1.82, 2.24) is 9.96 Å². The summed E-state index contributed by atoms with van der Waals surface area (Å²) in [7, 11) is 3.43. The summed E-state index contributed by atoms with van der Waals surface area (Å²) in [5.74, 6) is 0.0474. The number of carbonyl (C=O) groups is 1. The number of aliphatic hydroxyl groups is 1. The van der Waals surface area contributed by atoms with Crippen molar-refractivity contribution in [1.29, 1.82) is 0 Å². The van der Waals surface area contributed by atoms with Gasteiger partial charge in [-0.05, 0) is 55.5 Å². The van der Waals surface area contributed by atoms with Crippen LogP contribution in [0.5, 0.6) is 0 Å². The number of rotatable bonds is 2. The van der Waals surface area contributed by atoms with Gasteiger partial charge >= 0.3 is 0 Å². The molecule has 0 saturated carbocycles. The average molecular weight is 351 g/mol. The minimum atomic E-state index is -0.688. The molecule has 1 fully saturated rings. The third-order valence-corrected chi connectivity index (χ3v) is 5.61. The highest BCUT2D eigenvalue weighted by atomic mass is 35.5.